The van der Waals surface area contributed by atoms with Gasteiger partial charge in [-0.05, 0) is 54.8 Å². The summed E-state index contributed by atoms with van der Waals surface area (Å²) in [5.41, 5.74) is -7.02. The number of aliphatic hydroxyl groups excluding tert-OH is 2. The zero-order valence-corrected chi connectivity index (χ0v) is 35.2. The van der Waals surface area contributed by atoms with Crippen LogP contribution in [0.5, 0.6) is 0 Å². The number of nitrogens with one attached hydrogen (secondary N) is 1. The summed E-state index contributed by atoms with van der Waals surface area (Å²) in [6, 6.07) is 22.9. The standard InChI is InChI=1S/C47H51NO14/c1-25-31(60-43(56)36(52)35(28-16-10-7-11-17-28)48-41(54)29-18-12-8-13-19-29)23-47(57)40(61-42(55)30-20-14-9-15-21-30)38-45(6,32(51)22-33-46(38,24-58-33)62-27(3)50)39(53)37(59-26(2)49)34(25)44(47,4)5/h7-21,31-33,35-38,40,51-52,57H,22-24H2,1-6H3,(H,48,54)/t31-,32-,33?,35-,36+,37?,38-,40-,45?,46-,47?/m0/s1. The number of carbonyl (C=O) groups excluding carboxylic acids is 6. The van der Waals surface area contributed by atoms with E-state index >= 15 is 4.79 Å². The first-order valence-electron chi connectivity index (χ1n) is 20.5. The Morgan fingerprint density at radius 3 is 1.95 bits per heavy atom. The van der Waals surface area contributed by atoms with Crippen molar-refractivity contribution in [3.05, 3.63) is 119 Å². The minimum absolute atomic E-state index is 0.00289. The number of fused-ring (bicyclic) bond motifs is 5. The van der Waals surface area contributed by atoms with E-state index in [1.54, 1.807) is 92.7 Å². The van der Waals surface area contributed by atoms with Gasteiger partial charge in [-0.1, -0.05) is 80.6 Å². The van der Waals surface area contributed by atoms with Crippen molar-refractivity contribution >= 4 is 35.6 Å². The first-order valence-corrected chi connectivity index (χ1v) is 20.5. The molecule has 2 saturated carbocycles. The largest absolute Gasteiger partial charge is 0.456 e. The predicted molar refractivity (Wildman–Crippen MR) is 218 cm³/mol. The quantitative estimate of drug-likeness (QED) is 0.130. The van der Waals surface area contributed by atoms with Crippen molar-refractivity contribution in [1.82, 2.24) is 5.32 Å². The van der Waals surface area contributed by atoms with Crippen molar-refractivity contribution in [1.29, 1.82) is 0 Å². The molecular formula is C47H51NO14. The normalized spacial score (nSPS) is 31.9. The third-order valence-corrected chi connectivity index (χ3v) is 13.5. The Balaban J connectivity index is 1.39. The molecular weight excluding hydrogens is 803 g/mol. The molecule has 3 fully saturated rings. The summed E-state index contributed by atoms with van der Waals surface area (Å²) in [6.45, 7) is 7.97. The number of Topliss-reactive ketones (excluding diaryl/α,β-unsaturated/α-hetero) is 1. The number of amides is 1. The summed E-state index contributed by atoms with van der Waals surface area (Å²) in [5, 5.41) is 40.2. The van der Waals surface area contributed by atoms with Crippen molar-refractivity contribution in [2.24, 2.45) is 16.7 Å². The van der Waals surface area contributed by atoms with Crippen molar-refractivity contribution in [3.8, 4) is 0 Å². The second-order valence-electron chi connectivity index (χ2n) is 17.4. The minimum Gasteiger partial charge on any atom is -0.456 e. The summed E-state index contributed by atoms with van der Waals surface area (Å²) in [5.74, 6) is -6.84. The molecule has 4 aliphatic rings. The lowest BCUT2D eigenvalue weighted by Gasteiger charge is -2.67. The second-order valence-corrected chi connectivity index (χ2v) is 17.4. The van der Waals surface area contributed by atoms with E-state index < -0.39 is 113 Å². The molecule has 0 spiro atoms. The van der Waals surface area contributed by atoms with E-state index in [0.29, 0.717) is 5.56 Å². The molecule has 62 heavy (non-hydrogen) atoms. The zero-order chi connectivity index (χ0) is 44.9. The number of carbonyl (C=O) groups is 6. The van der Waals surface area contributed by atoms with Gasteiger partial charge in [0.2, 0.25) is 0 Å². The van der Waals surface area contributed by atoms with Gasteiger partial charge in [-0.2, -0.15) is 0 Å². The Labute approximate surface area is 358 Å². The van der Waals surface area contributed by atoms with E-state index in [-0.39, 0.29) is 35.3 Å². The highest BCUT2D eigenvalue weighted by atomic mass is 16.6. The number of hydrogen-bond donors (Lipinski definition) is 4. The van der Waals surface area contributed by atoms with E-state index in [4.69, 9.17) is 23.7 Å². The Hall–Kier alpha value is -5.74. The van der Waals surface area contributed by atoms with Gasteiger partial charge in [-0.25, -0.2) is 9.59 Å². The number of hydrogen-bond acceptors (Lipinski definition) is 14. The average molecular weight is 854 g/mol. The molecule has 3 aliphatic carbocycles. The fourth-order valence-corrected chi connectivity index (χ4v) is 10.2. The van der Waals surface area contributed by atoms with Gasteiger partial charge in [0.15, 0.2) is 23.6 Å². The third kappa shape index (κ3) is 7.29. The van der Waals surface area contributed by atoms with Crippen LogP contribution in [0.4, 0.5) is 0 Å². The molecule has 7 rings (SSSR count). The number of ether oxygens (including phenoxy) is 5. The summed E-state index contributed by atoms with van der Waals surface area (Å²) >= 11 is 0. The number of esters is 4. The molecule has 4 N–H and O–H groups in total. The number of aliphatic hydroxyl groups is 3. The molecule has 15 nitrogen and oxygen atoms in total. The molecule has 3 aromatic rings. The van der Waals surface area contributed by atoms with Crippen LogP contribution in [0.3, 0.4) is 0 Å². The molecule has 328 valence electrons. The maximum absolute atomic E-state index is 15.5. The molecule has 1 aliphatic heterocycles. The van der Waals surface area contributed by atoms with Crippen LogP contribution in [0.1, 0.15) is 86.7 Å². The molecule has 11 atom stereocenters. The highest BCUT2D eigenvalue weighted by Gasteiger charge is 2.78. The predicted octanol–water partition coefficient (Wildman–Crippen LogP) is 3.74. The number of benzene rings is 3. The van der Waals surface area contributed by atoms with Crippen LogP contribution in [0.2, 0.25) is 0 Å². The lowest BCUT2D eigenvalue weighted by molar-refractivity contribution is -0.346. The van der Waals surface area contributed by atoms with E-state index in [0.717, 1.165) is 13.8 Å². The lowest BCUT2D eigenvalue weighted by Crippen LogP contribution is -2.82. The van der Waals surface area contributed by atoms with Crippen LogP contribution in [0, 0.1) is 16.7 Å². The first kappa shape index (κ1) is 44.3. The van der Waals surface area contributed by atoms with Crippen LogP contribution >= 0.6 is 0 Å². The van der Waals surface area contributed by atoms with Crippen LogP contribution < -0.4 is 5.32 Å². The molecule has 4 unspecified atom stereocenters. The first-order chi connectivity index (χ1) is 29.3. The van der Waals surface area contributed by atoms with Crippen molar-refractivity contribution < 1.29 is 67.8 Å². The Bertz CT molecular complexity index is 2280. The Kier molecular flexibility index (Phi) is 11.8. The van der Waals surface area contributed by atoms with E-state index in [1.807, 2.05) is 0 Å². The third-order valence-electron chi connectivity index (χ3n) is 13.5. The van der Waals surface area contributed by atoms with Gasteiger partial charge in [0.1, 0.15) is 23.9 Å². The maximum Gasteiger partial charge on any atom is 0.338 e. The van der Waals surface area contributed by atoms with Gasteiger partial charge in [0.25, 0.3) is 5.91 Å². The summed E-state index contributed by atoms with van der Waals surface area (Å²) in [7, 11) is 0. The van der Waals surface area contributed by atoms with Gasteiger partial charge in [-0.3, -0.25) is 19.2 Å². The molecule has 2 bridgehead atoms. The Morgan fingerprint density at radius 2 is 1.40 bits per heavy atom. The second kappa shape index (κ2) is 16.5. The minimum atomic E-state index is -2.39. The van der Waals surface area contributed by atoms with E-state index in [1.165, 1.54) is 26.0 Å². The molecule has 0 aromatic heterocycles. The van der Waals surface area contributed by atoms with Gasteiger partial charge in [0, 0.05) is 37.7 Å². The number of rotatable bonds is 10. The molecule has 0 radical (unpaired) electrons. The lowest BCUT2D eigenvalue weighted by atomic mass is 9.44. The van der Waals surface area contributed by atoms with Crippen LogP contribution in [-0.2, 0) is 42.9 Å². The van der Waals surface area contributed by atoms with Gasteiger partial charge in [0.05, 0.1) is 35.6 Å². The van der Waals surface area contributed by atoms with Crippen LogP contribution in [-0.4, -0.2) is 105 Å². The highest BCUT2D eigenvalue weighted by molar-refractivity contribution is 5.96. The zero-order valence-electron chi connectivity index (χ0n) is 35.2. The topological polar surface area (TPSA) is 221 Å². The summed E-state index contributed by atoms with van der Waals surface area (Å²) < 4.78 is 30.3. The van der Waals surface area contributed by atoms with Gasteiger partial charge in [-0.15, -0.1) is 0 Å². The number of ketones is 1. The molecule has 1 saturated heterocycles. The Morgan fingerprint density at radius 1 is 0.823 bits per heavy atom. The molecule has 1 heterocycles. The SMILES string of the molecule is CC(=O)OC1C(=O)C2(C)[C@@H](O)CC3OC[C@@]3(OC(C)=O)[C@H]2[C@H](OC(=O)c2ccccc2)C2(O)C[C@H](OC(=O)[C@H](O)[C@@H](NC(=O)c3ccccc3)c3ccccc3)C(C)=C1C2(C)C. The van der Waals surface area contributed by atoms with E-state index in [2.05, 4.69) is 5.32 Å². The van der Waals surface area contributed by atoms with E-state index in [9.17, 15) is 39.3 Å². The smallest absolute Gasteiger partial charge is 0.338 e. The molecule has 1 amide bonds. The van der Waals surface area contributed by atoms with Crippen molar-refractivity contribution in [3.63, 3.8) is 0 Å². The molecule has 3 aromatic carbocycles. The summed E-state index contributed by atoms with van der Waals surface area (Å²) in [4.78, 5) is 83.5. The van der Waals surface area contributed by atoms with Crippen LogP contribution in [0.15, 0.2) is 102 Å². The highest BCUT2D eigenvalue weighted by Crippen LogP contribution is 2.64. The fraction of sp³-hybridized carbons (Fsp3) is 0.447. The monoisotopic (exact) mass is 853 g/mol. The average Bonchev–Trinajstić information content (AvgIpc) is 3.24. The van der Waals surface area contributed by atoms with Crippen molar-refractivity contribution in [2.75, 3.05) is 6.61 Å². The maximum atomic E-state index is 15.5. The molecule has 15 heteroatoms. The van der Waals surface area contributed by atoms with Crippen LogP contribution in [0.25, 0.3) is 0 Å². The van der Waals surface area contributed by atoms with Gasteiger partial charge < -0.3 is 44.3 Å². The summed E-state index contributed by atoms with van der Waals surface area (Å²) in [6.07, 6.45) is -10.5. The van der Waals surface area contributed by atoms with Crippen molar-refractivity contribution in [2.45, 2.75) is 108 Å². The fourth-order valence-electron chi connectivity index (χ4n) is 10.2. The van der Waals surface area contributed by atoms with Gasteiger partial charge >= 0.3 is 23.9 Å².